The maximum Gasteiger partial charge on any atom is 0.253 e. The number of carbonyl (C=O) groups excluding carboxylic acids is 1. The first-order valence-corrected chi connectivity index (χ1v) is 14.6. The number of rotatable bonds is 5. The third kappa shape index (κ3) is 5.10. The molecule has 0 aliphatic heterocycles. The molecule has 8 nitrogen and oxygen atoms in total. The Hall–Kier alpha value is -5.10. The van der Waals surface area contributed by atoms with Crippen LogP contribution in [0.4, 0.5) is 10.2 Å². The number of halogens is 1. The number of hydrogen-bond donors (Lipinski definition) is 2. The summed E-state index contributed by atoms with van der Waals surface area (Å²) < 4.78 is 15.5. The number of alkyl halides is 1. The van der Waals surface area contributed by atoms with Gasteiger partial charge in [-0.1, -0.05) is 18.4 Å². The van der Waals surface area contributed by atoms with Crippen molar-refractivity contribution in [3.8, 4) is 28.9 Å². The maximum atomic E-state index is 13.5. The molecule has 43 heavy (non-hydrogen) atoms. The van der Waals surface area contributed by atoms with Crippen LogP contribution in [0, 0.1) is 17.8 Å². The second kappa shape index (κ2) is 11.0. The number of aromatic nitrogens is 5. The number of nitrogen functional groups attached to an aromatic ring is 1. The third-order valence-electron chi connectivity index (χ3n) is 8.32. The van der Waals surface area contributed by atoms with E-state index in [4.69, 9.17) is 15.7 Å². The zero-order valence-electron chi connectivity index (χ0n) is 23.7. The lowest BCUT2D eigenvalue weighted by Gasteiger charge is -2.18. The highest BCUT2D eigenvalue weighted by Gasteiger charge is 2.26. The molecule has 2 aliphatic rings. The van der Waals surface area contributed by atoms with Gasteiger partial charge < -0.3 is 11.1 Å². The Balaban J connectivity index is 1.24. The number of anilines is 1. The molecule has 1 unspecified atom stereocenters. The molecule has 214 valence electrons. The molecule has 3 N–H and O–H groups in total. The van der Waals surface area contributed by atoms with Gasteiger partial charge in [0.25, 0.3) is 5.91 Å². The number of benzene rings is 1. The molecule has 7 rings (SSSR count). The van der Waals surface area contributed by atoms with Crippen LogP contribution < -0.4 is 11.1 Å². The highest BCUT2D eigenvalue weighted by Crippen LogP contribution is 2.36. The summed E-state index contributed by atoms with van der Waals surface area (Å²) in [4.78, 5) is 31.2. The normalized spacial score (nSPS) is 16.7. The molecule has 1 amide bonds. The monoisotopic (exact) mass is 571 g/mol. The number of hydrogen-bond acceptors (Lipinski definition) is 6. The highest BCUT2D eigenvalue weighted by atomic mass is 19.1. The van der Waals surface area contributed by atoms with E-state index in [1.807, 2.05) is 34.9 Å². The Morgan fingerprint density at radius 2 is 1.98 bits per heavy atom. The molecule has 2 atom stereocenters. The first-order valence-electron chi connectivity index (χ1n) is 14.6. The average molecular weight is 572 g/mol. The lowest BCUT2D eigenvalue weighted by molar-refractivity contribution is 0.0936. The first kappa shape index (κ1) is 26.8. The predicted molar refractivity (Wildman–Crippen MR) is 163 cm³/mol. The summed E-state index contributed by atoms with van der Waals surface area (Å²) in [5.74, 6) is 7.87. The summed E-state index contributed by atoms with van der Waals surface area (Å²) in [6, 6.07) is 16.8. The van der Waals surface area contributed by atoms with Gasteiger partial charge >= 0.3 is 0 Å². The fourth-order valence-corrected chi connectivity index (χ4v) is 5.70. The second-order valence-corrected chi connectivity index (χ2v) is 11.2. The van der Waals surface area contributed by atoms with E-state index in [2.05, 4.69) is 39.3 Å². The van der Waals surface area contributed by atoms with Gasteiger partial charge in [-0.3, -0.25) is 14.3 Å². The number of imidazole rings is 1. The topological polar surface area (TPSA) is 112 Å². The van der Waals surface area contributed by atoms with E-state index in [9.17, 15) is 9.18 Å². The van der Waals surface area contributed by atoms with Crippen LogP contribution >= 0.6 is 0 Å². The second-order valence-electron chi connectivity index (χ2n) is 11.2. The van der Waals surface area contributed by atoms with Crippen molar-refractivity contribution >= 4 is 22.9 Å². The summed E-state index contributed by atoms with van der Waals surface area (Å²) in [7, 11) is 0. The summed E-state index contributed by atoms with van der Waals surface area (Å²) in [6.45, 7) is 1.42. The van der Waals surface area contributed by atoms with E-state index in [0.29, 0.717) is 40.2 Å². The largest absolute Gasteiger partial charge is 0.383 e. The van der Waals surface area contributed by atoms with Gasteiger partial charge in [0.2, 0.25) is 0 Å². The first-order chi connectivity index (χ1) is 20.9. The fraction of sp³-hybridized carbons (Fsp3) is 0.265. The quantitative estimate of drug-likeness (QED) is 0.248. The molecular weight excluding hydrogens is 541 g/mol. The van der Waals surface area contributed by atoms with Crippen molar-refractivity contribution in [2.24, 2.45) is 5.92 Å². The van der Waals surface area contributed by atoms with E-state index in [1.165, 1.54) is 19.5 Å². The van der Waals surface area contributed by atoms with E-state index in [0.717, 1.165) is 53.6 Å². The van der Waals surface area contributed by atoms with E-state index in [-0.39, 0.29) is 11.9 Å². The molecule has 2 aliphatic carbocycles. The molecule has 5 aromatic rings. The fourth-order valence-electron chi connectivity index (χ4n) is 5.70. The summed E-state index contributed by atoms with van der Waals surface area (Å²) in [5.41, 5.74) is 13.0. The zero-order chi connectivity index (χ0) is 29.5. The minimum atomic E-state index is -1.18. The van der Waals surface area contributed by atoms with Gasteiger partial charge in [-0.25, -0.2) is 19.3 Å². The van der Waals surface area contributed by atoms with Crippen LogP contribution in [-0.4, -0.2) is 30.4 Å². The number of aryl methyl sites for hydroxylation is 1. The van der Waals surface area contributed by atoms with Crippen LogP contribution in [0.25, 0.3) is 28.2 Å². The Bertz CT molecular complexity index is 1920. The van der Waals surface area contributed by atoms with Gasteiger partial charge in [0.05, 0.1) is 22.9 Å². The van der Waals surface area contributed by atoms with Gasteiger partial charge in [0.1, 0.15) is 23.2 Å². The highest BCUT2D eigenvalue weighted by molar-refractivity contribution is 5.94. The number of nitrogens with two attached hydrogens (primary N) is 1. The van der Waals surface area contributed by atoms with Gasteiger partial charge in [0, 0.05) is 24.0 Å². The van der Waals surface area contributed by atoms with Crippen LogP contribution in [0.15, 0.2) is 67.0 Å². The lowest BCUT2D eigenvalue weighted by Crippen LogP contribution is -2.27. The summed E-state index contributed by atoms with van der Waals surface area (Å²) in [6.07, 6.45) is 7.00. The Labute approximate surface area is 248 Å². The average Bonchev–Trinajstić information content (AvgIpc) is 3.57. The number of nitrogens with zero attached hydrogens (tertiary/aromatic N) is 5. The minimum Gasteiger partial charge on any atom is -0.383 e. The van der Waals surface area contributed by atoms with E-state index < -0.39 is 6.17 Å². The van der Waals surface area contributed by atoms with E-state index >= 15 is 0 Å². The Morgan fingerprint density at radius 3 is 2.72 bits per heavy atom. The number of amides is 1. The predicted octanol–water partition coefficient (Wildman–Crippen LogP) is 6.06. The summed E-state index contributed by atoms with van der Waals surface area (Å²) in [5, 5.41) is 3.12. The SMILES string of the molecule is CC(F)c1ccc(C(=O)N[C@H]2CCc3cc(-n4c(-c5cccnc5N)nc5ccc(C#CC6CCC6)nc54)ccc32)cn1. The van der Waals surface area contributed by atoms with Crippen molar-refractivity contribution in [3.63, 3.8) is 0 Å². The van der Waals surface area contributed by atoms with Crippen molar-refractivity contribution in [3.05, 3.63) is 95.1 Å². The smallest absolute Gasteiger partial charge is 0.253 e. The third-order valence-corrected chi connectivity index (χ3v) is 8.32. The maximum absolute atomic E-state index is 13.5. The number of pyridine rings is 3. The molecule has 1 saturated carbocycles. The van der Waals surface area contributed by atoms with Crippen LogP contribution in [0.2, 0.25) is 0 Å². The van der Waals surface area contributed by atoms with Gasteiger partial charge in [-0.05, 0) is 98.2 Å². The van der Waals surface area contributed by atoms with E-state index in [1.54, 1.807) is 18.3 Å². The number of carbonyl (C=O) groups is 1. The Morgan fingerprint density at radius 1 is 1.09 bits per heavy atom. The van der Waals surface area contributed by atoms with Crippen molar-refractivity contribution in [1.29, 1.82) is 0 Å². The molecule has 0 radical (unpaired) electrons. The van der Waals surface area contributed by atoms with Crippen LogP contribution in [0.1, 0.15) is 77.7 Å². The van der Waals surface area contributed by atoms with Gasteiger partial charge in [-0.15, -0.1) is 0 Å². The van der Waals surface area contributed by atoms with Gasteiger partial charge in [-0.2, -0.15) is 0 Å². The molecule has 4 heterocycles. The van der Waals surface area contributed by atoms with Crippen LogP contribution in [0.5, 0.6) is 0 Å². The van der Waals surface area contributed by atoms with Crippen molar-refractivity contribution < 1.29 is 9.18 Å². The Kier molecular flexibility index (Phi) is 6.82. The van der Waals surface area contributed by atoms with Crippen LogP contribution in [0.3, 0.4) is 0 Å². The molecule has 9 heteroatoms. The summed E-state index contributed by atoms with van der Waals surface area (Å²) >= 11 is 0. The lowest BCUT2D eigenvalue weighted by atomic mass is 9.86. The molecule has 1 aromatic carbocycles. The molecule has 4 aromatic heterocycles. The van der Waals surface area contributed by atoms with Crippen molar-refractivity contribution in [2.45, 2.75) is 51.2 Å². The standard InChI is InChI=1S/C34H30FN7O/c1-20(35)28-14-9-23(19-38-28)34(43)41-29-15-8-22-18-25(12-13-26(22)29)42-32(27-6-3-17-37-31(27)36)40-30-16-11-24(39-33(30)42)10-7-21-4-2-5-21/h3,6,9,11-14,16-21,29H,2,4-5,8,15H2,1H3,(H2,36,37)(H,41,43)/t20?,29-/m0/s1. The molecule has 0 spiro atoms. The molecule has 1 fully saturated rings. The number of nitrogens with one attached hydrogen (secondary N) is 1. The minimum absolute atomic E-state index is 0.143. The number of fused-ring (bicyclic) bond motifs is 2. The van der Waals surface area contributed by atoms with Crippen LogP contribution in [-0.2, 0) is 6.42 Å². The van der Waals surface area contributed by atoms with Gasteiger partial charge in [0.15, 0.2) is 11.5 Å². The van der Waals surface area contributed by atoms with Crippen molar-refractivity contribution in [2.75, 3.05) is 5.73 Å². The molecule has 0 bridgehead atoms. The molecule has 0 saturated heterocycles. The zero-order valence-corrected chi connectivity index (χ0v) is 23.7. The van der Waals surface area contributed by atoms with Crippen molar-refractivity contribution in [1.82, 2.24) is 29.8 Å². The molecular formula is C34H30FN7O.